The van der Waals surface area contributed by atoms with Crippen LogP contribution in [-0.2, 0) is 19.5 Å². The predicted molar refractivity (Wildman–Crippen MR) is 125 cm³/mol. The molecule has 1 atom stereocenters. The molecule has 0 aliphatic rings. The molecule has 0 spiro atoms. The zero-order valence-corrected chi connectivity index (χ0v) is 18.1. The van der Waals surface area contributed by atoms with E-state index in [-0.39, 0.29) is 17.6 Å². The number of aryl methyl sites for hydroxylation is 1. The molecule has 0 saturated carbocycles. The smallest absolute Gasteiger partial charge is 0.352 e. The summed E-state index contributed by atoms with van der Waals surface area (Å²) in [6, 6.07) is 24.5. The molecule has 1 heterocycles. The van der Waals surface area contributed by atoms with Gasteiger partial charge in [-0.15, -0.1) is 0 Å². The van der Waals surface area contributed by atoms with Gasteiger partial charge in [0.1, 0.15) is 11.5 Å². The van der Waals surface area contributed by atoms with Crippen LogP contribution in [-0.4, -0.2) is 21.7 Å². The lowest BCUT2D eigenvalue weighted by molar-refractivity contribution is 0.0684. The van der Waals surface area contributed by atoms with E-state index >= 15 is 0 Å². The van der Waals surface area contributed by atoms with Gasteiger partial charge in [-0.2, -0.15) is 0 Å². The maximum Gasteiger partial charge on any atom is 0.352 e. The number of aromatic carboxylic acids is 1. The first-order valence-corrected chi connectivity index (χ1v) is 10.9. The van der Waals surface area contributed by atoms with Gasteiger partial charge in [0.15, 0.2) is 0 Å². The van der Waals surface area contributed by atoms with Gasteiger partial charge in [0.25, 0.3) is 0 Å². The Morgan fingerprint density at radius 3 is 2.38 bits per heavy atom. The van der Waals surface area contributed by atoms with Crippen molar-refractivity contribution in [3.8, 4) is 0 Å². The number of aromatic nitrogens is 1. The third kappa shape index (κ3) is 4.89. The van der Waals surface area contributed by atoms with E-state index in [2.05, 4.69) is 24.4 Å². The molecule has 164 valence electrons. The van der Waals surface area contributed by atoms with Crippen LogP contribution in [0.2, 0.25) is 0 Å². The first-order chi connectivity index (χ1) is 15.5. The van der Waals surface area contributed by atoms with Crippen LogP contribution in [0, 0.1) is 5.82 Å². The van der Waals surface area contributed by atoms with Gasteiger partial charge < -0.3 is 15.0 Å². The second kappa shape index (κ2) is 9.79. The molecular formula is C27H27FN2O2. The Bertz CT molecular complexity index is 1200. The molecule has 4 nitrogen and oxygen atoms in total. The SMILES string of the molecule is C[C@@H](CCc1ccccc1)NCc1c(C(=O)O)n(Cc2ccc(F)cc2)c2ccccc12. The van der Waals surface area contributed by atoms with Gasteiger partial charge in [0.2, 0.25) is 0 Å². The van der Waals surface area contributed by atoms with Crippen LogP contribution in [0.1, 0.15) is 40.5 Å². The van der Waals surface area contributed by atoms with Gasteiger partial charge in [-0.05, 0) is 49.1 Å². The number of nitrogens with zero attached hydrogens (tertiary/aromatic N) is 1. The number of hydrogen-bond donors (Lipinski definition) is 2. The zero-order chi connectivity index (χ0) is 22.5. The maximum absolute atomic E-state index is 13.3. The van der Waals surface area contributed by atoms with Crippen molar-refractivity contribution in [1.29, 1.82) is 0 Å². The number of benzene rings is 3. The fraction of sp³-hybridized carbons (Fsp3) is 0.222. The fourth-order valence-corrected chi connectivity index (χ4v) is 4.14. The molecule has 0 amide bonds. The van der Waals surface area contributed by atoms with Gasteiger partial charge in [0, 0.05) is 35.6 Å². The number of fused-ring (bicyclic) bond motifs is 1. The number of nitrogens with one attached hydrogen (secondary N) is 1. The monoisotopic (exact) mass is 430 g/mol. The largest absolute Gasteiger partial charge is 0.477 e. The van der Waals surface area contributed by atoms with Crippen LogP contribution in [0.3, 0.4) is 0 Å². The number of carbonyl (C=O) groups is 1. The normalized spacial score (nSPS) is 12.2. The van der Waals surface area contributed by atoms with Crippen LogP contribution < -0.4 is 5.32 Å². The fourth-order valence-electron chi connectivity index (χ4n) is 4.14. The van der Waals surface area contributed by atoms with Crippen molar-refractivity contribution >= 4 is 16.9 Å². The summed E-state index contributed by atoms with van der Waals surface area (Å²) in [4.78, 5) is 12.3. The molecule has 32 heavy (non-hydrogen) atoms. The molecule has 0 fully saturated rings. The molecule has 0 saturated heterocycles. The lowest BCUT2D eigenvalue weighted by Crippen LogP contribution is -2.27. The summed E-state index contributed by atoms with van der Waals surface area (Å²) in [5.41, 5.74) is 4.07. The van der Waals surface area contributed by atoms with E-state index in [4.69, 9.17) is 0 Å². The van der Waals surface area contributed by atoms with Crippen molar-refractivity contribution in [3.63, 3.8) is 0 Å². The lowest BCUT2D eigenvalue weighted by Gasteiger charge is -2.15. The van der Waals surface area contributed by atoms with Crippen molar-refractivity contribution in [3.05, 3.63) is 107 Å². The quantitative estimate of drug-likeness (QED) is 0.361. The minimum Gasteiger partial charge on any atom is -0.477 e. The second-order valence-corrected chi connectivity index (χ2v) is 8.17. The molecule has 0 bridgehead atoms. The van der Waals surface area contributed by atoms with Crippen molar-refractivity contribution in [1.82, 2.24) is 9.88 Å². The van der Waals surface area contributed by atoms with Crippen LogP contribution in [0.5, 0.6) is 0 Å². The Balaban J connectivity index is 1.58. The summed E-state index contributed by atoms with van der Waals surface area (Å²) in [7, 11) is 0. The third-order valence-electron chi connectivity index (χ3n) is 5.87. The molecule has 0 unspecified atom stereocenters. The topological polar surface area (TPSA) is 54.3 Å². The van der Waals surface area contributed by atoms with E-state index < -0.39 is 5.97 Å². The van der Waals surface area contributed by atoms with Gasteiger partial charge in [-0.3, -0.25) is 0 Å². The molecule has 4 aromatic rings. The lowest BCUT2D eigenvalue weighted by atomic mass is 10.1. The Morgan fingerprint density at radius 2 is 1.66 bits per heavy atom. The molecule has 5 heteroatoms. The van der Waals surface area contributed by atoms with Crippen molar-refractivity contribution in [2.75, 3.05) is 0 Å². The minimum atomic E-state index is -0.961. The summed E-state index contributed by atoms with van der Waals surface area (Å²) >= 11 is 0. The van der Waals surface area contributed by atoms with Crippen LogP contribution >= 0.6 is 0 Å². The molecule has 1 aromatic heterocycles. The Morgan fingerprint density at radius 1 is 0.969 bits per heavy atom. The van der Waals surface area contributed by atoms with E-state index in [0.29, 0.717) is 13.1 Å². The number of halogens is 1. The summed E-state index contributed by atoms with van der Waals surface area (Å²) < 4.78 is 15.1. The molecule has 0 aliphatic carbocycles. The minimum absolute atomic E-state index is 0.232. The molecule has 2 N–H and O–H groups in total. The molecule has 0 radical (unpaired) electrons. The zero-order valence-electron chi connectivity index (χ0n) is 18.1. The standard InChI is InChI=1S/C27H27FN2O2/c1-19(11-12-20-7-3-2-4-8-20)29-17-24-23-9-5-6-10-25(23)30(26(24)27(31)32)18-21-13-15-22(28)16-14-21/h2-10,13-16,19,29H,11-12,17-18H2,1H3,(H,31,32)/t19-/m0/s1. The number of para-hydroxylation sites is 1. The van der Waals surface area contributed by atoms with E-state index in [1.54, 1.807) is 12.1 Å². The van der Waals surface area contributed by atoms with Crippen LogP contribution in [0.15, 0.2) is 78.9 Å². The number of hydrogen-bond acceptors (Lipinski definition) is 2. The van der Waals surface area contributed by atoms with Crippen molar-refractivity contribution < 1.29 is 14.3 Å². The second-order valence-electron chi connectivity index (χ2n) is 8.17. The highest BCUT2D eigenvalue weighted by atomic mass is 19.1. The summed E-state index contributed by atoms with van der Waals surface area (Å²) in [5, 5.41) is 14.5. The van der Waals surface area contributed by atoms with E-state index in [1.165, 1.54) is 17.7 Å². The van der Waals surface area contributed by atoms with E-state index in [1.807, 2.05) is 47.0 Å². The molecular weight excluding hydrogens is 403 g/mol. The van der Waals surface area contributed by atoms with Gasteiger partial charge in [-0.1, -0.05) is 60.7 Å². The average molecular weight is 431 g/mol. The van der Waals surface area contributed by atoms with Crippen molar-refractivity contribution in [2.45, 2.75) is 38.9 Å². The molecule has 3 aromatic carbocycles. The average Bonchev–Trinajstić information content (AvgIpc) is 3.12. The van der Waals surface area contributed by atoms with Crippen LogP contribution in [0.25, 0.3) is 10.9 Å². The van der Waals surface area contributed by atoms with E-state index in [9.17, 15) is 14.3 Å². The Hall–Kier alpha value is -3.44. The highest BCUT2D eigenvalue weighted by Crippen LogP contribution is 2.28. The Kier molecular flexibility index (Phi) is 6.66. The highest BCUT2D eigenvalue weighted by molar-refractivity contribution is 5.98. The van der Waals surface area contributed by atoms with Gasteiger partial charge in [0.05, 0.1) is 0 Å². The number of rotatable bonds is 9. The summed E-state index contributed by atoms with van der Waals surface area (Å²) in [6.45, 7) is 2.96. The first kappa shape index (κ1) is 21.8. The molecule has 4 rings (SSSR count). The predicted octanol–water partition coefficient (Wildman–Crippen LogP) is 5.64. The van der Waals surface area contributed by atoms with Crippen LogP contribution in [0.4, 0.5) is 4.39 Å². The number of carboxylic acid groups (broad SMARTS) is 1. The third-order valence-corrected chi connectivity index (χ3v) is 5.87. The first-order valence-electron chi connectivity index (χ1n) is 10.9. The van der Waals surface area contributed by atoms with Gasteiger partial charge in [-0.25, -0.2) is 9.18 Å². The highest BCUT2D eigenvalue weighted by Gasteiger charge is 2.22. The number of carboxylic acids is 1. The maximum atomic E-state index is 13.3. The summed E-state index contributed by atoms with van der Waals surface area (Å²) in [5.74, 6) is -1.27. The summed E-state index contributed by atoms with van der Waals surface area (Å²) in [6.07, 6.45) is 1.92. The van der Waals surface area contributed by atoms with E-state index in [0.717, 1.165) is 34.9 Å². The molecule has 0 aliphatic heterocycles. The van der Waals surface area contributed by atoms with Crippen molar-refractivity contribution in [2.24, 2.45) is 0 Å². The Labute approximate surface area is 187 Å². The van der Waals surface area contributed by atoms with Gasteiger partial charge >= 0.3 is 5.97 Å².